The normalized spacial score (nSPS) is 15.5. The fourth-order valence-corrected chi connectivity index (χ4v) is 7.58. The third-order valence-electron chi connectivity index (χ3n) is 11.4. The van der Waals surface area contributed by atoms with Crippen LogP contribution in [0.5, 0.6) is 17.2 Å². The second-order valence-corrected chi connectivity index (χ2v) is 16.5. The van der Waals surface area contributed by atoms with Crippen molar-refractivity contribution < 1.29 is 33.5 Å². The Morgan fingerprint density at radius 1 is 0.478 bits per heavy atom. The molecule has 0 saturated carbocycles. The summed E-state index contributed by atoms with van der Waals surface area (Å²) >= 11 is 5.86. The lowest BCUT2D eigenvalue weighted by molar-refractivity contribution is 0.0321. The van der Waals surface area contributed by atoms with E-state index in [2.05, 4.69) is 44.6 Å². The molecule has 3 aromatic carbocycles. The summed E-state index contributed by atoms with van der Waals surface area (Å²) in [5.41, 5.74) is 11.4. The molecule has 0 radical (unpaired) electrons. The second-order valence-electron chi connectivity index (χ2n) is 16.2. The maximum absolute atomic E-state index is 9.19. The van der Waals surface area contributed by atoms with Crippen LogP contribution in [0.25, 0.3) is 34.2 Å². The number of aromatic nitrogens is 6. The summed E-state index contributed by atoms with van der Waals surface area (Å²) in [7, 11) is 0. The predicted molar refractivity (Wildman–Crippen MR) is 264 cm³/mol. The van der Waals surface area contributed by atoms with Crippen LogP contribution >= 0.6 is 11.6 Å². The summed E-state index contributed by atoms with van der Waals surface area (Å²) in [4.78, 5) is 33.2. The Hall–Kier alpha value is -5.73. The standard InChI is InChI=1S/C17H20ClN3O2.C17H22N4O2.C17H21N3O3/c2*18-11-14-2-1-3-15(10-14)17-19-12-16(13-20-17)23-9-6-21-4-7-22-8-5-21;21-13-14-2-1-3-15(10-14)17-18-11-16(12-19-17)23-9-6-20-4-7-22-8-5-20/h1-3,10,12-13H,4-9,11H2;1-3,10,12-13H,4-9,11,18H2;1-3,10-12,21H,4-9,13H2. The van der Waals surface area contributed by atoms with Gasteiger partial charge in [-0.2, -0.15) is 0 Å². The molecule has 9 rings (SSSR count). The van der Waals surface area contributed by atoms with Crippen LogP contribution in [0.3, 0.4) is 0 Å². The van der Waals surface area contributed by atoms with Crippen molar-refractivity contribution in [3.8, 4) is 51.4 Å². The molecular formula is C51H63ClN10O7. The number of alkyl halides is 1. The van der Waals surface area contributed by atoms with Gasteiger partial charge < -0.3 is 39.3 Å². The molecule has 0 amide bonds. The Morgan fingerprint density at radius 2 is 0.797 bits per heavy atom. The van der Waals surface area contributed by atoms with E-state index in [0.717, 1.165) is 132 Å². The van der Waals surface area contributed by atoms with Crippen LogP contribution in [0.4, 0.5) is 0 Å². The fourth-order valence-electron chi connectivity index (χ4n) is 7.41. The van der Waals surface area contributed by atoms with Crippen LogP contribution in [0, 0.1) is 0 Å². The van der Waals surface area contributed by atoms with E-state index in [4.69, 9.17) is 45.8 Å². The molecule has 3 fully saturated rings. The van der Waals surface area contributed by atoms with Crippen LogP contribution in [-0.2, 0) is 33.2 Å². The van der Waals surface area contributed by atoms with Gasteiger partial charge in [-0.15, -0.1) is 11.6 Å². The van der Waals surface area contributed by atoms with E-state index < -0.39 is 0 Å². The van der Waals surface area contributed by atoms with Crippen molar-refractivity contribution in [2.75, 3.05) is 118 Å². The van der Waals surface area contributed by atoms with Crippen LogP contribution in [0.1, 0.15) is 16.7 Å². The second kappa shape index (κ2) is 28.7. The van der Waals surface area contributed by atoms with Gasteiger partial charge in [0.05, 0.1) is 83.4 Å². The average Bonchev–Trinajstić information content (AvgIpc) is 3.43. The molecule has 17 nitrogen and oxygen atoms in total. The molecule has 69 heavy (non-hydrogen) atoms. The van der Waals surface area contributed by atoms with Crippen molar-refractivity contribution >= 4 is 11.6 Å². The van der Waals surface area contributed by atoms with Gasteiger partial charge in [-0.05, 0) is 34.9 Å². The minimum absolute atomic E-state index is 0.0105. The number of nitrogens with two attached hydrogens (primary N) is 1. The third kappa shape index (κ3) is 17.3. The zero-order valence-corrected chi connectivity index (χ0v) is 39.9. The van der Waals surface area contributed by atoms with E-state index >= 15 is 0 Å². The molecule has 0 unspecified atom stereocenters. The quantitative estimate of drug-likeness (QED) is 0.106. The van der Waals surface area contributed by atoms with E-state index in [1.54, 1.807) is 37.2 Å². The van der Waals surface area contributed by atoms with Gasteiger partial charge >= 0.3 is 0 Å². The smallest absolute Gasteiger partial charge is 0.159 e. The SMILES string of the molecule is ClCc1cccc(-c2ncc(OCCN3CCOCC3)cn2)c1.NCc1cccc(-c2ncc(OCCN3CCOCC3)cn2)c1.OCc1cccc(-c2ncc(OCCN3CCOCC3)cn2)c1. The number of ether oxygens (including phenoxy) is 6. The average molecular weight is 964 g/mol. The summed E-state index contributed by atoms with van der Waals surface area (Å²) in [6, 6.07) is 23.4. The highest BCUT2D eigenvalue weighted by molar-refractivity contribution is 6.17. The van der Waals surface area contributed by atoms with Gasteiger partial charge in [-0.1, -0.05) is 54.6 Å². The summed E-state index contributed by atoms with van der Waals surface area (Å²) in [6.45, 7) is 15.7. The Morgan fingerprint density at radius 3 is 1.13 bits per heavy atom. The first-order valence-electron chi connectivity index (χ1n) is 23.4. The van der Waals surface area contributed by atoms with E-state index in [1.807, 2.05) is 72.8 Å². The summed E-state index contributed by atoms with van der Waals surface area (Å²) < 4.78 is 33.1. The molecule has 6 aromatic rings. The van der Waals surface area contributed by atoms with Gasteiger partial charge in [-0.25, -0.2) is 29.9 Å². The number of halogens is 1. The van der Waals surface area contributed by atoms with Crippen molar-refractivity contribution in [2.24, 2.45) is 5.73 Å². The molecule has 0 spiro atoms. The molecule has 0 aliphatic carbocycles. The van der Waals surface area contributed by atoms with Crippen molar-refractivity contribution in [2.45, 2.75) is 19.0 Å². The van der Waals surface area contributed by atoms with Gasteiger partial charge in [0.2, 0.25) is 0 Å². The zero-order valence-electron chi connectivity index (χ0n) is 39.1. The van der Waals surface area contributed by atoms with Gasteiger partial charge in [-0.3, -0.25) is 14.7 Å². The molecule has 3 N–H and O–H groups in total. The Balaban J connectivity index is 0.000000153. The molecule has 3 aromatic heterocycles. The molecule has 18 heteroatoms. The molecular weight excluding hydrogens is 900 g/mol. The lowest BCUT2D eigenvalue weighted by Gasteiger charge is -2.26. The summed E-state index contributed by atoms with van der Waals surface area (Å²) in [6.07, 6.45) is 10.2. The molecule has 3 aliphatic heterocycles. The molecule has 0 bridgehead atoms. The van der Waals surface area contributed by atoms with Crippen LogP contribution in [0.2, 0.25) is 0 Å². The highest BCUT2D eigenvalue weighted by Crippen LogP contribution is 2.21. The minimum Gasteiger partial charge on any atom is -0.489 e. The minimum atomic E-state index is 0.0105. The van der Waals surface area contributed by atoms with Crippen LogP contribution in [0.15, 0.2) is 110 Å². The number of benzene rings is 3. The topological polar surface area (TPSA) is 189 Å². The van der Waals surface area contributed by atoms with Crippen molar-refractivity contribution in [3.63, 3.8) is 0 Å². The fraction of sp³-hybridized carbons (Fsp3) is 0.412. The molecule has 366 valence electrons. The number of hydrogen-bond acceptors (Lipinski definition) is 17. The van der Waals surface area contributed by atoms with Crippen LogP contribution in [-0.4, -0.2) is 168 Å². The number of morpholine rings is 3. The first-order valence-corrected chi connectivity index (χ1v) is 24.0. The predicted octanol–water partition coefficient (Wildman–Crippen LogP) is 5.25. The zero-order chi connectivity index (χ0) is 47.7. The molecule has 0 atom stereocenters. The Kier molecular flexibility index (Phi) is 21.3. The first kappa shape index (κ1) is 51.1. The highest BCUT2D eigenvalue weighted by atomic mass is 35.5. The maximum atomic E-state index is 9.19. The maximum Gasteiger partial charge on any atom is 0.159 e. The molecule has 6 heterocycles. The van der Waals surface area contributed by atoms with Crippen molar-refractivity contribution in [1.29, 1.82) is 0 Å². The van der Waals surface area contributed by atoms with Gasteiger partial charge in [0, 0.05) is 88.0 Å². The molecule has 3 aliphatic rings. The van der Waals surface area contributed by atoms with E-state index in [0.29, 0.717) is 67.0 Å². The largest absolute Gasteiger partial charge is 0.489 e. The molecule has 3 saturated heterocycles. The Bertz CT molecular complexity index is 2110. The van der Waals surface area contributed by atoms with Crippen molar-refractivity contribution in [3.05, 3.63) is 127 Å². The number of aliphatic hydroxyl groups excluding tert-OH is 1. The monoisotopic (exact) mass is 962 g/mol. The third-order valence-corrected chi connectivity index (χ3v) is 11.7. The number of hydrogen-bond donors (Lipinski definition) is 2. The number of aliphatic hydroxyl groups is 1. The first-order chi connectivity index (χ1) is 34.0. The lowest BCUT2D eigenvalue weighted by Crippen LogP contribution is -2.38. The van der Waals surface area contributed by atoms with Crippen molar-refractivity contribution in [1.82, 2.24) is 44.6 Å². The Labute approximate surface area is 409 Å². The van der Waals surface area contributed by atoms with Gasteiger partial charge in [0.25, 0.3) is 0 Å². The number of nitrogens with zero attached hydrogens (tertiary/aromatic N) is 9. The van der Waals surface area contributed by atoms with E-state index in [1.165, 1.54) is 0 Å². The highest BCUT2D eigenvalue weighted by Gasteiger charge is 2.13. The van der Waals surface area contributed by atoms with E-state index in [9.17, 15) is 5.11 Å². The summed E-state index contributed by atoms with van der Waals surface area (Å²) in [5.74, 6) is 4.52. The lowest BCUT2D eigenvalue weighted by atomic mass is 10.1. The van der Waals surface area contributed by atoms with Gasteiger partial charge in [0.15, 0.2) is 34.7 Å². The van der Waals surface area contributed by atoms with Gasteiger partial charge in [0.1, 0.15) is 19.8 Å². The van der Waals surface area contributed by atoms with E-state index in [-0.39, 0.29) is 6.61 Å². The van der Waals surface area contributed by atoms with Crippen LogP contribution < -0.4 is 19.9 Å². The number of rotatable bonds is 18. The summed E-state index contributed by atoms with van der Waals surface area (Å²) in [5, 5.41) is 9.19.